The highest BCUT2D eigenvalue weighted by Gasteiger charge is 2.14. The Morgan fingerprint density at radius 2 is 2.21 bits per heavy atom. The molecule has 7 heteroatoms. The molecule has 0 aliphatic heterocycles. The Hall–Kier alpha value is -1.60. The number of benzene rings is 1. The van der Waals surface area contributed by atoms with Gasteiger partial charge in [0.15, 0.2) is 0 Å². The van der Waals surface area contributed by atoms with Crippen molar-refractivity contribution in [2.75, 3.05) is 5.73 Å². The molecule has 0 bridgehead atoms. The van der Waals surface area contributed by atoms with Crippen molar-refractivity contribution in [1.29, 1.82) is 0 Å². The van der Waals surface area contributed by atoms with E-state index in [9.17, 15) is 10.1 Å². The molecule has 0 aliphatic carbocycles. The molecule has 0 aliphatic rings. The minimum absolute atomic E-state index is 0.0939. The Morgan fingerprint density at radius 1 is 1.42 bits per heavy atom. The number of hydrogen-bond donors (Lipinski definition) is 1. The number of nitrogen functional groups attached to an aromatic ring is 1. The van der Waals surface area contributed by atoms with Gasteiger partial charge in [0, 0.05) is 28.1 Å². The summed E-state index contributed by atoms with van der Waals surface area (Å²) in [7, 11) is 0. The normalized spacial score (nSPS) is 10.4. The van der Waals surface area contributed by atoms with E-state index >= 15 is 0 Å². The third-order valence-corrected chi connectivity index (χ3v) is 3.97. The van der Waals surface area contributed by atoms with Gasteiger partial charge in [0.25, 0.3) is 5.69 Å². The second-order valence-corrected chi connectivity index (χ2v) is 5.60. The lowest BCUT2D eigenvalue weighted by Crippen LogP contribution is -1.95. The third-order valence-electron chi connectivity index (χ3n) is 2.41. The molecule has 0 unspecified atom stereocenters. The van der Waals surface area contributed by atoms with Crippen LogP contribution in [0.15, 0.2) is 46.0 Å². The van der Waals surface area contributed by atoms with Gasteiger partial charge in [-0.25, -0.2) is 4.98 Å². The van der Waals surface area contributed by atoms with Crippen molar-refractivity contribution in [2.45, 2.75) is 10.8 Å². The zero-order valence-corrected chi connectivity index (χ0v) is 12.1. The average molecular weight is 340 g/mol. The fourth-order valence-electron chi connectivity index (χ4n) is 1.50. The van der Waals surface area contributed by atoms with Crippen LogP contribution < -0.4 is 5.73 Å². The number of halogens is 1. The standard InChI is InChI=1S/C12H10BrN3O2S/c13-9-4-3-8(11(6-9)16(17)18)7-19-12-10(14)2-1-5-15-12/h1-6H,7,14H2. The quantitative estimate of drug-likeness (QED) is 0.522. The van der Waals surface area contributed by atoms with Crippen molar-refractivity contribution in [3.05, 3.63) is 56.7 Å². The number of pyridine rings is 1. The molecule has 0 fully saturated rings. The van der Waals surface area contributed by atoms with Crippen LogP contribution in [0.2, 0.25) is 0 Å². The van der Waals surface area contributed by atoms with Crippen molar-refractivity contribution in [1.82, 2.24) is 4.98 Å². The van der Waals surface area contributed by atoms with Crippen LogP contribution in [0.5, 0.6) is 0 Å². The molecule has 98 valence electrons. The van der Waals surface area contributed by atoms with Crippen LogP contribution in [0, 0.1) is 10.1 Å². The van der Waals surface area contributed by atoms with Crippen LogP contribution in [0.4, 0.5) is 11.4 Å². The monoisotopic (exact) mass is 339 g/mol. The molecule has 1 aromatic heterocycles. The summed E-state index contributed by atoms with van der Waals surface area (Å²) in [5, 5.41) is 11.7. The van der Waals surface area contributed by atoms with E-state index in [-0.39, 0.29) is 10.6 Å². The van der Waals surface area contributed by atoms with Gasteiger partial charge in [-0.15, -0.1) is 0 Å². The summed E-state index contributed by atoms with van der Waals surface area (Å²) in [6.07, 6.45) is 1.65. The molecular formula is C12H10BrN3O2S. The predicted molar refractivity (Wildman–Crippen MR) is 79.0 cm³/mol. The molecule has 2 rings (SSSR count). The van der Waals surface area contributed by atoms with Crippen LogP contribution in [0.3, 0.4) is 0 Å². The number of nitro groups is 1. The van der Waals surface area contributed by atoms with Crippen molar-refractivity contribution in [3.63, 3.8) is 0 Å². The summed E-state index contributed by atoms with van der Waals surface area (Å²) in [5.74, 6) is 0.449. The molecule has 0 amide bonds. The zero-order valence-electron chi connectivity index (χ0n) is 9.75. The molecular weight excluding hydrogens is 330 g/mol. The van der Waals surface area contributed by atoms with Crippen LogP contribution >= 0.6 is 27.7 Å². The number of nitrogens with two attached hydrogens (primary N) is 1. The van der Waals surface area contributed by atoms with Gasteiger partial charge in [-0.05, 0) is 18.2 Å². The highest BCUT2D eigenvalue weighted by Crippen LogP contribution is 2.31. The molecule has 0 atom stereocenters. The second-order valence-electron chi connectivity index (χ2n) is 3.72. The van der Waals surface area contributed by atoms with Gasteiger partial charge < -0.3 is 5.73 Å². The molecule has 2 aromatic rings. The van der Waals surface area contributed by atoms with Crippen molar-refractivity contribution in [3.8, 4) is 0 Å². The minimum Gasteiger partial charge on any atom is -0.397 e. The third kappa shape index (κ3) is 3.45. The summed E-state index contributed by atoms with van der Waals surface area (Å²) in [6.45, 7) is 0. The van der Waals surface area contributed by atoms with Gasteiger partial charge in [-0.1, -0.05) is 33.8 Å². The molecule has 1 heterocycles. The van der Waals surface area contributed by atoms with Gasteiger partial charge in [0.05, 0.1) is 10.6 Å². The Labute approximate surface area is 122 Å². The van der Waals surface area contributed by atoms with Gasteiger partial charge in [0.1, 0.15) is 5.03 Å². The Balaban J connectivity index is 2.20. The number of thioether (sulfide) groups is 1. The SMILES string of the molecule is Nc1cccnc1SCc1ccc(Br)cc1[N+](=O)[O-]. The highest BCUT2D eigenvalue weighted by molar-refractivity contribution is 9.10. The largest absolute Gasteiger partial charge is 0.397 e. The topological polar surface area (TPSA) is 82.0 Å². The summed E-state index contributed by atoms with van der Waals surface area (Å²) < 4.78 is 0.685. The summed E-state index contributed by atoms with van der Waals surface area (Å²) in [4.78, 5) is 14.7. The first-order valence-electron chi connectivity index (χ1n) is 5.34. The maximum Gasteiger partial charge on any atom is 0.274 e. The summed E-state index contributed by atoms with van der Waals surface area (Å²) in [5.41, 5.74) is 7.09. The van der Waals surface area contributed by atoms with Gasteiger partial charge in [0.2, 0.25) is 0 Å². The van der Waals surface area contributed by atoms with Crippen molar-refractivity contribution in [2.24, 2.45) is 0 Å². The Bertz CT molecular complexity index is 622. The van der Waals surface area contributed by atoms with E-state index in [4.69, 9.17) is 5.73 Å². The van der Waals surface area contributed by atoms with E-state index < -0.39 is 0 Å². The van der Waals surface area contributed by atoms with E-state index in [1.54, 1.807) is 30.5 Å². The predicted octanol–water partition coefficient (Wildman–Crippen LogP) is 3.63. The number of nitrogens with zero attached hydrogens (tertiary/aromatic N) is 2. The Kier molecular flexibility index (Phi) is 4.39. The van der Waals surface area contributed by atoms with Crippen LogP contribution in [0.1, 0.15) is 5.56 Å². The molecule has 19 heavy (non-hydrogen) atoms. The zero-order chi connectivity index (χ0) is 13.8. The van der Waals surface area contributed by atoms with Crippen molar-refractivity contribution < 1.29 is 4.92 Å². The second kappa shape index (κ2) is 6.03. The average Bonchev–Trinajstić information content (AvgIpc) is 2.38. The fraction of sp³-hybridized carbons (Fsp3) is 0.0833. The maximum absolute atomic E-state index is 11.0. The first-order chi connectivity index (χ1) is 9.08. The van der Waals surface area contributed by atoms with E-state index in [1.807, 2.05) is 0 Å². The van der Waals surface area contributed by atoms with Gasteiger partial charge in [-0.2, -0.15) is 0 Å². The number of rotatable bonds is 4. The first-order valence-corrected chi connectivity index (χ1v) is 7.12. The lowest BCUT2D eigenvalue weighted by atomic mass is 10.2. The summed E-state index contributed by atoms with van der Waals surface area (Å²) >= 11 is 4.61. The van der Waals surface area contributed by atoms with E-state index in [1.165, 1.54) is 17.8 Å². The lowest BCUT2D eigenvalue weighted by molar-refractivity contribution is -0.385. The van der Waals surface area contributed by atoms with Crippen LogP contribution in [0.25, 0.3) is 0 Å². The Morgan fingerprint density at radius 3 is 2.89 bits per heavy atom. The van der Waals surface area contributed by atoms with Crippen LogP contribution in [-0.2, 0) is 5.75 Å². The first kappa shape index (κ1) is 13.8. The summed E-state index contributed by atoms with van der Waals surface area (Å²) in [6, 6.07) is 8.52. The number of hydrogen-bond acceptors (Lipinski definition) is 5. The highest BCUT2D eigenvalue weighted by atomic mass is 79.9. The molecule has 0 spiro atoms. The number of anilines is 1. The molecule has 2 N–H and O–H groups in total. The molecule has 1 aromatic carbocycles. The minimum atomic E-state index is -0.386. The fourth-order valence-corrected chi connectivity index (χ4v) is 2.75. The van der Waals surface area contributed by atoms with Crippen molar-refractivity contribution >= 4 is 39.1 Å². The molecule has 0 saturated heterocycles. The molecule has 0 saturated carbocycles. The lowest BCUT2D eigenvalue weighted by Gasteiger charge is -2.05. The van der Waals surface area contributed by atoms with Crippen LogP contribution in [-0.4, -0.2) is 9.91 Å². The maximum atomic E-state index is 11.0. The smallest absolute Gasteiger partial charge is 0.274 e. The number of nitro benzene ring substituents is 1. The molecule has 0 radical (unpaired) electrons. The molecule has 5 nitrogen and oxygen atoms in total. The van der Waals surface area contributed by atoms with E-state index in [2.05, 4.69) is 20.9 Å². The van der Waals surface area contributed by atoms with E-state index in [0.717, 1.165) is 0 Å². The van der Waals surface area contributed by atoms with Gasteiger partial charge in [-0.3, -0.25) is 10.1 Å². The van der Waals surface area contributed by atoms with Gasteiger partial charge >= 0.3 is 0 Å². The number of aromatic nitrogens is 1. The van der Waals surface area contributed by atoms with E-state index in [0.29, 0.717) is 26.5 Å².